The van der Waals surface area contributed by atoms with Gasteiger partial charge in [-0.2, -0.15) is 0 Å². The highest BCUT2D eigenvalue weighted by atomic mass is 32.2. The van der Waals surface area contributed by atoms with Crippen LogP contribution in [-0.4, -0.2) is 26.7 Å². The molecular weight excluding hydrogens is 292 g/mol. The Morgan fingerprint density at radius 3 is 2.86 bits per heavy atom. The highest BCUT2D eigenvalue weighted by molar-refractivity contribution is 7.89. The maximum absolute atomic E-state index is 12.3. The number of benzene rings is 1. The molecule has 0 aliphatic carbocycles. The Bertz CT molecular complexity index is 653. The van der Waals surface area contributed by atoms with Gasteiger partial charge in [-0.1, -0.05) is 17.3 Å². The first kappa shape index (κ1) is 15.5. The summed E-state index contributed by atoms with van der Waals surface area (Å²) < 4.78 is 37.2. The molecule has 0 fully saturated rings. The Hall–Kier alpha value is -1.86. The van der Waals surface area contributed by atoms with Gasteiger partial charge in [0.2, 0.25) is 10.0 Å². The lowest BCUT2D eigenvalue weighted by molar-refractivity contribution is 0.331. The fraction of sp³-hybridized carbons (Fsp3) is 0.357. The molecule has 2 aromatic rings. The molecule has 2 rings (SSSR count). The summed E-state index contributed by atoms with van der Waals surface area (Å²) in [5, 5.41) is 3.60. The molecule has 0 aliphatic heterocycles. The molecule has 1 aromatic heterocycles. The van der Waals surface area contributed by atoms with E-state index in [1.54, 1.807) is 30.7 Å². The molecule has 0 amide bonds. The molecule has 0 radical (unpaired) electrons. The van der Waals surface area contributed by atoms with E-state index >= 15 is 0 Å². The summed E-state index contributed by atoms with van der Waals surface area (Å²) >= 11 is 0. The fourth-order valence-electron chi connectivity index (χ4n) is 1.87. The van der Waals surface area contributed by atoms with Crippen molar-refractivity contribution in [1.82, 2.24) is 9.88 Å². The van der Waals surface area contributed by atoms with E-state index in [-0.39, 0.29) is 4.90 Å². The van der Waals surface area contributed by atoms with Gasteiger partial charge in [0.1, 0.15) is 16.9 Å². The van der Waals surface area contributed by atoms with Gasteiger partial charge in [0, 0.05) is 12.1 Å². The smallest absolute Gasteiger partial charge is 0.244 e. The molecule has 7 heteroatoms. The molecule has 0 aliphatic rings. The van der Waals surface area contributed by atoms with Gasteiger partial charge in [-0.25, -0.2) is 13.1 Å². The Morgan fingerprint density at radius 2 is 2.14 bits per heavy atom. The van der Waals surface area contributed by atoms with Crippen LogP contribution in [0.15, 0.2) is 46.1 Å². The van der Waals surface area contributed by atoms with Gasteiger partial charge in [-0.3, -0.25) is 0 Å². The summed E-state index contributed by atoms with van der Waals surface area (Å²) in [5.74, 6) is 0.367. The van der Waals surface area contributed by atoms with Gasteiger partial charge in [-0.15, -0.1) is 0 Å². The van der Waals surface area contributed by atoms with Crippen LogP contribution in [0.1, 0.15) is 18.9 Å². The van der Waals surface area contributed by atoms with Crippen molar-refractivity contribution in [3.05, 3.63) is 42.3 Å². The van der Waals surface area contributed by atoms with Gasteiger partial charge in [0.25, 0.3) is 0 Å². The van der Waals surface area contributed by atoms with Crippen LogP contribution in [0.5, 0.6) is 5.75 Å². The fourth-order valence-corrected chi connectivity index (χ4v) is 3.09. The van der Waals surface area contributed by atoms with Crippen molar-refractivity contribution in [2.45, 2.75) is 24.7 Å². The number of aromatic nitrogens is 1. The Morgan fingerprint density at radius 1 is 1.33 bits per heavy atom. The summed E-state index contributed by atoms with van der Waals surface area (Å²) in [6.45, 7) is 2.57. The van der Waals surface area contributed by atoms with Crippen molar-refractivity contribution in [2.24, 2.45) is 0 Å². The number of hydrogen-bond acceptors (Lipinski definition) is 5. The number of rotatable bonds is 8. The number of aryl methyl sites for hydroxylation is 1. The Kier molecular flexibility index (Phi) is 5.35. The molecule has 0 unspecified atom stereocenters. The zero-order chi connectivity index (χ0) is 15.1. The van der Waals surface area contributed by atoms with E-state index in [0.29, 0.717) is 31.7 Å². The molecule has 1 aromatic carbocycles. The first-order chi connectivity index (χ1) is 10.1. The molecule has 1 heterocycles. The molecule has 0 bridgehead atoms. The molecule has 1 N–H and O–H groups in total. The van der Waals surface area contributed by atoms with Crippen molar-refractivity contribution in [2.75, 3.05) is 13.2 Å². The first-order valence-electron chi connectivity index (χ1n) is 6.73. The monoisotopic (exact) mass is 310 g/mol. The van der Waals surface area contributed by atoms with E-state index in [1.807, 2.05) is 6.92 Å². The zero-order valence-electron chi connectivity index (χ0n) is 11.8. The summed E-state index contributed by atoms with van der Waals surface area (Å²) in [6.07, 6.45) is 4.55. The molecule has 0 saturated carbocycles. The van der Waals surface area contributed by atoms with E-state index < -0.39 is 10.0 Å². The van der Waals surface area contributed by atoms with Crippen LogP contribution in [-0.2, 0) is 16.4 Å². The Labute approximate surface area is 124 Å². The molecule has 6 nitrogen and oxygen atoms in total. The van der Waals surface area contributed by atoms with Crippen LogP contribution in [0.3, 0.4) is 0 Å². The number of sulfonamides is 1. The highest BCUT2D eigenvalue weighted by Gasteiger charge is 2.18. The van der Waals surface area contributed by atoms with Crippen molar-refractivity contribution >= 4 is 10.0 Å². The van der Waals surface area contributed by atoms with E-state index in [9.17, 15) is 8.42 Å². The second-order valence-electron chi connectivity index (χ2n) is 4.41. The first-order valence-corrected chi connectivity index (χ1v) is 8.21. The number of ether oxygens (including phenoxy) is 1. The van der Waals surface area contributed by atoms with Crippen LogP contribution >= 0.6 is 0 Å². The van der Waals surface area contributed by atoms with Crippen molar-refractivity contribution in [1.29, 1.82) is 0 Å². The maximum atomic E-state index is 12.3. The van der Waals surface area contributed by atoms with E-state index in [1.165, 1.54) is 6.07 Å². The maximum Gasteiger partial charge on any atom is 0.244 e. The molecule has 114 valence electrons. The lowest BCUT2D eigenvalue weighted by Gasteiger charge is -2.11. The average molecular weight is 310 g/mol. The normalized spacial score (nSPS) is 11.5. The van der Waals surface area contributed by atoms with Gasteiger partial charge in [0.05, 0.1) is 12.8 Å². The van der Waals surface area contributed by atoms with Crippen LogP contribution in [0, 0.1) is 0 Å². The third-order valence-electron chi connectivity index (χ3n) is 2.86. The van der Waals surface area contributed by atoms with Gasteiger partial charge < -0.3 is 9.26 Å². The number of nitrogens with one attached hydrogen (secondary N) is 1. The number of hydrogen-bond donors (Lipinski definition) is 1. The molecule has 0 atom stereocenters. The largest absolute Gasteiger partial charge is 0.492 e. The number of nitrogens with zero attached hydrogens (tertiary/aromatic N) is 1. The minimum Gasteiger partial charge on any atom is -0.492 e. The van der Waals surface area contributed by atoms with Crippen molar-refractivity contribution in [3.8, 4) is 5.75 Å². The van der Waals surface area contributed by atoms with E-state index in [2.05, 4.69) is 9.88 Å². The molecular formula is C14H18N2O4S. The quantitative estimate of drug-likeness (QED) is 0.754. The van der Waals surface area contributed by atoms with Crippen molar-refractivity contribution in [3.63, 3.8) is 0 Å². The predicted octanol–water partition coefficient (Wildman–Crippen LogP) is 1.98. The SMILES string of the molecule is CCOc1ccccc1S(=O)(=O)NCCCc1cnoc1. The van der Waals surface area contributed by atoms with Crippen LogP contribution in [0.4, 0.5) is 0 Å². The molecule has 0 spiro atoms. The van der Waals surface area contributed by atoms with Crippen LogP contribution in [0.25, 0.3) is 0 Å². The minimum atomic E-state index is -3.57. The predicted molar refractivity (Wildman–Crippen MR) is 77.6 cm³/mol. The second kappa shape index (κ2) is 7.24. The topological polar surface area (TPSA) is 81.4 Å². The third kappa shape index (κ3) is 4.30. The second-order valence-corrected chi connectivity index (χ2v) is 6.15. The zero-order valence-corrected chi connectivity index (χ0v) is 12.6. The summed E-state index contributed by atoms with van der Waals surface area (Å²) in [5.41, 5.74) is 0.948. The van der Waals surface area contributed by atoms with Gasteiger partial charge in [-0.05, 0) is 31.9 Å². The molecule has 21 heavy (non-hydrogen) atoms. The van der Waals surface area contributed by atoms with E-state index in [4.69, 9.17) is 9.26 Å². The summed E-state index contributed by atoms with van der Waals surface area (Å²) in [7, 11) is -3.57. The lowest BCUT2D eigenvalue weighted by atomic mass is 10.2. The highest BCUT2D eigenvalue weighted by Crippen LogP contribution is 2.22. The Balaban J connectivity index is 1.95. The standard InChI is InChI=1S/C14H18N2O4S/c1-2-19-13-7-3-4-8-14(13)21(17,18)16-9-5-6-12-10-15-20-11-12/h3-4,7-8,10-11,16H,2,5-6,9H2,1H3. The van der Waals surface area contributed by atoms with Crippen LogP contribution < -0.4 is 9.46 Å². The minimum absolute atomic E-state index is 0.164. The van der Waals surface area contributed by atoms with E-state index in [0.717, 1.165) is 5.56 Å². The third-order valence-corrected chi connectivity index (χ3v) is 4.36. The average Bonchev–Trinajstić information content (AvgIpc) is 2.98. The van der Waals surface area contributed by atoms with Crippen LogP contribution in [0.2, 0.25) is 0 Å². The summed E-state index contributed by atoms with van der Waals surface area (Å²) in [4.78, 5) is 0.164. The molecule has 0 saturated heterocycles. The summed E-state index contributed by atoms with van der Waals surface area (Å²) in [6, 6.07) is 6.60. The lowest BCUT2D eigenvalue weighted by Crippen LogP contribution is -2.25. The van der Waals surface area contributed by atoms with Gasteiger partial charge >= 0.3 is 0 Å². The van der Waals surface area contributed by atoms with Gasteiger partial charge in [0.15, 0.2) is 0 Å². The number of para-hydroxylation sites is 1. The van der Waals surface area contributed by atoms with Crippen molar-refractivity contribution < 1.29 is 17.7 Å².